The van der Waals surface area contributed by atoms with Crippen molar-refractivity contribution in [2.45, 2.75) is 138 Å². The summed E-state index contributed by atoms with van der Waals surface area (Å²) in [5.41, 5.74) is 0.0730. The van der Waals surface area contributed by atoms with Gasteiger partial charge in [0, 0.05) is 33.5 Å². The van der Waals surface area contributed by atoms with Gasteiger partial charge >= 0.3 is 18.3 Å². The molecule has 0 radical (unpaired) electrons. The van der Waals surface area contributed by atoms with E-state index < -0.39 is 17.9 Å². The average Bonchev–Trinajstić information content (AvgIpc) is 2.84. The summed E-state index contributed by atoms with van der Waals surface area (Å²) in [6, 6.07) is 0. The molecule has 0 aliphatic carbocycles. The van der Waals surface area contributed by atoms with E-state index in [9.17, 15) is 14.4 Å². The van der Waals surface area contributed by atoms with Crippen LogP contribution in [-0.2, 0) is 43.3 Å². The highest BCUT2D eigenvalue weighted by Gasteiger charge is 2.28. The Morgan fingerprint density at radius 1 is 0.634 bits per heavy atom. The molecule has 0 aromatic heterocycles. The lowest BCUT2D eigenvalue weighted by atomic mass is 9.84. The molecule has 11 nitrogen and oxygen atoms in total. The van der Waals surface area contributed by atoms with Gasteiger partial charge in [0.15, 0.2) is 0 Å². The van der Waals surface area contributed by atoms with E-state index in [1.807, 2.05) is 27.7 Å². The van der Waals surface area contributed by atoms with E-state index in [1.165, 1.54) is 6.42 Å². The van der Waals surface area contributed by atoms with Crippen LogP contribution in [0.25, 0.3) is 0 Å². The first kappa shape index (κ1) is 41.0. The summed E-state index contributed by atoms with van der Waals surface area (Å²) in [6.45, 7) is 20.9. The highest BCUT2D eigenvalue weighted by atomic mass is 17.3. The minimum atomic E-state index is -1.12. The largest absolute Gasteiger partial charge is 0.549 e. The van der Waals surface area contributed by atoms with Gasteiger partial charge in [-0.25, -0.2) is 4.79 Å². The fraction of sp³-hybridized carbons (Fsp3) is 0.900. The molecule has 0 bridgehead atoms. The van der Waals surface area contributed by atoms with E-state index in [0.29, 0.717) is 24.7 Å². The summed E-state index contributed by atoms with van der Waals surface area (Å²) >= 11 is 0. The van der Waals surface area contributed by atoms with Crippen LogP contribution in [0.1, 0.15) is 121 Å². The maximum Gasteiger partial charge on any atom is 0.549 e. The number of rotatable bonds is 16. The first-order chi connectivity index (χ1) is 18.8. The lowest BCUT2D eigenvalue weighted by Crippen LogP contribution is -2.31. The van der Waals surface area contributed by atoms with Crippen LogP contribution in [0.5, 0.6) is 0 Å². The van der Waals surface area contributed by atoms with Gasteiger partial charge in [0.2, 0.25) is 0 Å². The molecule has 0 rings (SSSR count). The standard InChI is InChI=1S/C18H36O3.C12H22O8/c1-16(2,3)13-11-9-10-12-15(19)20-21-18(7,8)14-17(4,5)6;1-9(15-3)5-7-17-11(13)19-20-12(14)18-8-6-10(2)16-4/h9-14H2,1-8H3;9-10H,5-8H2,1-4H3. The molecule has 0 aromatic carbocycles. The first-order valence-corrected chi connectivity index (χ1v) is 14.4. The van der Waals surface area contributed by atoms with Crippen molar-refractivity contribution in [1.29, 1.82) is 0 Å². The molecular formula is C30H58O11. The maximum atomic E-state index is 11.7. The molecule has 0 aliphatic heterocycles. The number of unbranched alkanes of at least 4 members (excludes halogenated alkanes) is 2. The van der Waals surface area contributed by atoms with Crippen molar-refractivity contribution in [1.82, 2.24) is 0 Å². The summed E-state index contributed by atoms with van der Waals surface area (Å²) < 4.78 is 19.2. The number of hydrogen-bond donors (Lipinski definition) is 0. The summed E-state index contributed by atoms with van der Waals surface area (Å²) in [5.74, 6) is -0.257. The molecular weight excluding hydrogens is 536 g/mol. The highest BCUT2D eigenvalue weighted by molar-refractivity contribution is 5.68. The van der Waals surface area contributed by atoms with E-state index in [0.717, 1.165) is 25.7 Å². The fourth-order valence-corrected chi connectivity index (χ4v) is 3.58. The molecule has 2 atom stereocenters. The van der Waals surface area contributed by atoms with Crippen molar-refractivity contribution in [3.8, 4) is 0 Å². The summed E-state index contributed by atoms with van der Waals surface area (Å²) in [4.78, 5) is 52.2. The van der Waals surface area contributed by atoms with Crippen molar-refractivity contribution in [2.24, 2.45) is 10.8 Å². The highest BCUT2D eigenvalue weighted by Crippen LogP contribution is 2.29. The van der Waals surface area contributed by atoms with Crippen molar-refractivity contribution >= 4 is 18.3 Å². The van der Waals surface area contributed by atoms with Crippen molar-refractivity contribution in [3.63, 3.8) is 0 Å². The van der Waals surface area contributed by atoms with E-state index in [1.54, 1.807) is 14.2 Å². The molecule has 41 heavy (non-hydrogen) atoms. The van der Waals surface area contributed by atoms with Gasteiger partial charge in [0.05, 0.1) is 25.4 Å². The van der Waals surface area contributed by atoms with E-state index in [-0.39, 0.29) is 36.8 Å². The van der Waals surface area contributed by atoms with Crippen LogP contribution in [0.15, 0.2) is 0 Å². The molecule has 244 valence electrons. The number of methoxy groups -OCH3 is 2. The summed E-state index contributed by atoms with van der Waals surface area (Å²) in [5, 5.41) is 0. The molecule has 0 heterocycles. The third kappa shape index (κ3) is 30.7. The van der Waals surface area contributed by atoms with Gasteiger partial charge in [-0.1, -0.05) is 54.4 Å². The average molecular weight is 595 g/mol. The Morgan fingerprint density at radius 3 is 1.49 bits per heavy atom. The Morgan fingerprint density at radius 2 is 1.10 bits per heavy atom. The second-order valence-electron chi connectivity index (χ2n) is 13.2. The Balaban J connectivity index is 0. The number of carbonyl (C=O) groups excluding carboxylic acids is 3. The van der Waals surface area contributed by atoms with Crippen LogP contribution >= 0.6 is 0 Å². The lowest BCUT2D eigenvalue weighted by molar-refractivity contribution is -0.329. The van der Waals surface area contributed by atoms with Crippen LogP contribution in [0.3, 0.4) is 0 Å². The Bertz CT molecular complexity index is 680. The molecule has 0 fully saturated rings. The van der Waals surface area contributed by atoms with E-state index in [2.05, 4.69) is 60.8 Å². The smallest absolute Gasteiger partial charge is 0.432 e. The summed E-state index contributed by atoms with van der Waals surface area (Å²) in [6.07, 6.45) is 4.25. The molecule has 0 aliphatic rings. The predicted molar refractivity (Wildman–Crippen MR) is 155 cm³/mol. The minimum Gasteiger partial charge on any atom is -0.432 e. The zero-order valence-corrected chi connectivity index (χ0v) is 27.7. The van der Waals surface area contributed by atoms with Crippen LogP contribution in [0, 0.1) is 10.8 Å². The monoisotopic (exact) mass is 594 g/mol. The quantitative estimate of drug-likeness (QED) is 0.0754. The van der Waals surface area contributed by atoms with Crippen LogP contribution in [0.2, 0.25) is 0 Å². The van der Waals surface area contributed by atoms with Crippen molar-refractivity contribution in [3.05, 3.63) is 0 Å². The lowest BCUT2D eigenvalue weighted by Gasteiger charge is -2.30. The van der Waals surface area contributed by atoms with Crippen molar-refractivity contribution < 1.29 is 52.9 Å². The Kier molecular flexibility index (Phi) is 21.6. The molecule has 0 aromatic rings. The zero-order valence-electron chi connectivity index (χ0n) is 27.7. The Hall–Kier alpha value is -2.11. The number of ether oxygens (including phenoxy) is 4. The molecule has 0 N–H and O–H groups in total. The predicted octanol–water partition coefficient (Wildman–Crippen LogP) is 7.73. The van der Waals surface area contributed by atoms with Crippen molar-refractivity contribution in [2.75, 3.05) is 27.4 Å². The third-order valence-corrected chi connectivity index (χ3v) is 5.60. The fourth-order valence-electron chi connectivity index (χ4n) is 3.58. The van der Waals surface area contributed by atoms with Gasteiger partial charge in [0.1, 0.15) is 5.60 Å². The Labute approximate surface area is 248 Å². The third-order valence-electron chi connectivity index (χ3n) is 5.60. The topological polar surface area (TPSA) is 125 Å². The molecule has 0 amide bonds. The van der Waals surface area contributed by atoms with Crippen LogP contribution in [-0.4, -0.2) is 63.5 Å². The molecule has 0 saturated carbocycles. The van der Waals surface area contributed by atoms with E-state index in [4.69, 9.17) is 19.2 Å². The van der Waals surface area contributed by atoms with Gasteiger partial charge in [-0.3, -0.25) is 4.89 Å². The van der Waals surface area contributed by atoms with Gasteiger partial charge in [0.25, 0.3) is 0 Å². The van der Waals surface area contributed by atoms with Crippen LogP contribution in [0.4, 0.5) is 9.59 Å². The minimum absolute atomic E-state index is 0.0449. The second-order valence-corrected chi connectivity index (χ2v) is 13.2. The van der Waals surface area contributed by atoms with Gasteiger partial charge in [-0.05, 0) is 57.8 Å². The zero-order chi connectivity index (χ0) is 32.1. The van der Waals surface area contributed by atoms with Crippen LogP contribution < -0.4 is 0 Å². The number of carbonyl (C=O) groups is 3. The molecule has 0 saturated heterocycles. The SMILES string of the molecule is CC(C)(C)CCCCCC(=O)OOC(C)(C)CC(C)(C)C.COC(C)CCOC(=O)OOC(=O)OCCC(C)OC. The van der Waals surface area contributed by atoms with Gasteiger partial charge in [-0.15, -0.1) is 0 Å². The first-order valence-electron chi connectivity index (χ1n) is 14.4. The molecule has 11 heteroatoms. The van der Waals surface area contributed by atoms with Gasteiger partial charge in [-0.2, -0.15) is 24.3 Å². The molecule has 0 spiro atoms. The van der Waals surface area contributed by atoms with E-state index >= 15 is 0 Å². The normalized spacial score (nSPS) is 13.3. The summed E-state index contributed by atoms with van der Waals surface area (Å²) in [7, 11) is 3.10. The van der Waals surface area contributed by atoms with Gasteiger partial charge < -0.3 is 18.9 Å². The number of hydrogen-bond acceptors (Lipinski definition) is 11. The second kappa shape index (κ2) is 21.6. The maximum absolute atomic E-state index is 11.7. The molecule has 2 unspecified atom stereocenters.